The van der Waals surface area contributed by atoms with Gasteiger partial charge in [0.1, 0.15) is 11.6 Å². The molecule has 2 atom stereocenters. The molecule has 2 aliphatic rings. The van der Waals surface area contributed by atoms with E-state index < -0.39 is 0 Å². The Balaban J connectivity index is 1.76. The first-order valence-corrected chi connectivity index (χ1v) is 7.91. The average molecular weight is 293 g/mol. The Morgan fingerprint density at radius 3 is 2.76 bits per heavy atom. The van der Waals surface area contributed by atoms with Crippen molar-refractivity contribution in [1.82, 2.24) is 0 Å². The molecule has 2 saturated carbocycles. The third-order valence-corrected chi connectivity index (χ3v) is 5.19. The molecule has 21 heavy (non-hydrogen) atoms. The minimum Gasteiger partial charge on any atom is -0.497 e. The molecule has 1 aromatic rings. The molecule has 0 amide bonds. The standard InChI is InChI=1S/C17H24FNO2/c1-3-21-16-11-15(17(16)8-4-5-9-17)19-14-10-12(20-2)6-7-13(14)18/h6-7,10,15-16,19H,3-5,8-9,11H2,1-2H3. The molecule has 0 bridgehead atoms. The summed E-state index contributed by atoms with van der Waals surface area (Å²) in [6.45, 7) is 2.80. The Bertz CT molecular complexity index is 500. The molecule has 0 radical (unpaired) electrons. The van der Waals surface area contributed by atoms with Gasteiger partial charge in [0.2, 0.25) is 0 Å². The summed E-state index contributed by atoms with van der Waals surface area (Å²) in [5.74, 6) is 0.462. The molecule has 0 aromatic heterocycles. The summed E-state index contributed by atoms with van der Waals surface area (Å²) in [4.78, 5) is 0. The lowest BCUT2D eigenvalue weighted by Gasteiger charge is -2.54. The van der Waals surface area contributed by atoms with Gasteiger partial charge in [0.25, 0.3) is 0 Å². The van der Waals surface area contributed by atoms with Crippen molar-refractivity contribution in [2.24, 2.45) is 5.41 Å². The predicted molar refractivity (Wildman–Crippen MR) is 81.3 cm³/mol. The molecule has 2 aliphatic carbocycles. The van der Waals surface area contributed by atoms with Gasteiger partial charge in [-0.05, 0) is 38.3 Å². The number of anilines is 1. The van der Waals surface area contributed by atoms with Crippen molar-refractivity contribution in [1.29, 1.82) is 0 Å². The maximum Gasteiger partial charge on any atom is 0.146 e. The lowest BCUT2D eigenvalue weighted by molar-refractivity contribution is -0.114. The van der Waals surface area contributed by atoms with Gasteiger partial charge in [-0.3, -0.25) is 0 Å². The second kappa shape index (κ2) is 5.84. The fraction of sp³-hybridized carbons (Fsp3) is 0.647. The van der Waals surface area contributed by atoms with E-state index in [0.717, 1.165) is 13.0 Å². The van der Waals surface area contributed by atoms with E-state index in [9.17, 15) is 4.39 Å². The van der Waals surface area contributed by atoms with Crippen LogP contribution >= 0.6 is 0 Å². The van der Waals surface area contributed by atoms with Gasteiger partial charge in [0.15, 0.2) is 0 Å². The highest BCUT2D eigenvalue weighted by molar-refractivity contribution is 5.51. The first kappa shape index (κ1) is 14.6. The van der Waals surface area contributed by atoms with Gasteiger partial charge < -0.3 is 14.8 Å². The summed E-state index contributed by atoms with van der Waals surface area (Å²) in [6, 6.07) is 5.15. The first-order chi connectivity index (χ1) is 10.2. The topological polar surface area (TPSA) is 30.5 Å². The number of ether oxygens (including phenoxy) is 2. The Labute approximate surface area is 125 Å². The van der Waals surface area contributed by atoms with Crippen LogP contribution in [0.1, 0.15) is 39.0 Å². The van der Waals surface area contributed by atoms with Crippen molar-refractivity contribution < 1.29 is 13.9 Å². The van der Waals surface area contributed by atoms with Crippen LogP contribution in [0, 0.1) is 11.2 Å². The zero-order valence-electron chi connectivity index (χ0n) is 12.8. The van der Waals surface area contributed by atoms with Gasteiger partial charge in [-0.1, -0.05) is 12.8 Å². The molecule has 2 unspecified atom stereocenters. The monoisotopic (exact) mass is 293 g/mol. The van der Waals surface area contributed by atoms with Crippen molar-refractivity contribution in [3.63, 3.8) is 0 Å². The van der Waals surface area contributed by atoms with Gasteiger partial charge in [-0.2, -0.15) is 0 Å². The fourth-order valence-corrected chi connectivity index (χ4v) is 4.02. The molecular formula is C17H24FNO2. The number of halogens is 1. The Morgan fingerprint density at radius 1 is 1.33 bits per heavy atom. The molecule has 0 aliphatic heterocycles. The van der Waals surface area contributed by atoms with E-state index >= 15 is 0 Å². The normalized spacial score (nSPS) is 26.6. The number of nitrogens with one attached hydrogen (secondary N) is 1. The summed E-state index contributed by atoms with van der Waals surface area (Å²) >= 11 is 0. The first-order valence-electron chi connectivity index (χ1n) is 7.91. The van der Waals surface area contributed by atoms with Crippen LogP contribution in [0.3, 0.4) is 0 Å². The van der Waals surface area contributed by atoms with E-state index in [1.165, 1.54) is 31.7 Å². The van der Waals surface area contributed by atoms with Crippen LogP contribution in [-0.4, -0.2) is 25.9 Å². The van der Waals surface area contributed by atoms with Crippen molar-refractivity contribution in [2.75, 3.05) is 19.0 Å². The summed E-state index contributed by atoms with van der Waals surface area (Å²) < 4.78 is 25.1. The average Bonchev–Trinajstić information content (AvgIpc) is 3.00. The second-order valence-electron chi connectivity index (χ2n) is 6.16. The molecule has 0 saturated heterocycles. The van der Waals surface area contributed by atoms with E-state index in [1.807, 2.05) is 6.92 Å². The summed E-state index contributed by atoms with van der Waals surface area (Å²) in [5.41, 5.74) is 0.742. The molecule has 2 fully saturated rings. The highest BCUT2D eigenvalue weighted by atomic mass is 19.1. The van der Waals surface area contributed by atoms with Crippen molar-refractivity contribution in [2.45, 2.75) is 51.2 Å². The zero-order valence-corrected chi connectivity index (χ0v) is 12.8. The third kappa shape index (κ3) is 2.50. The number of benzene rings is 1. The number of methoxy groups -OCH3 is 1. The summed E-state index contributed by atoms with van der Waals surface area (Å²) in [6.07, 6.45) is 6.16. The van der Waals surface area contributed by atoms with Crippen LogP contribution < -0.4 is 10.1 Å². The van der Waals surface area contributed by atoms with E-state index in [4.69, 9.17) is 9.47 Å². The Hall–Kier alpha value is -1.29. The van der Waals surface area contributed by atoms with Crippen LogP contribution in [-0.2, 0) is 4.74 Å². The number of hydrogen-bond acceptors (Lipinski definition) is 3. The Kier molecular flexibility index (Phi) is 4.07. The second-order valence-corrected chi connectivity index (χ2v) is 6.16. The van der Waals surface area contributed by atoms with Gasteiger partial charge in [-0.15, -0.1) is 0 Å². The molecule has 0 heterocycles. The van der Waals surface area contributed by atoms with E-state index in [0.29, 0.717) is 23.6 Å². The minimum atomic E-state index is -0.219. The van der Waals surface area contributed by atoms with Crippen LogP contribution in [0.4, 0.5) is 10.1 Å². The van der Waals surface area contributed by atoms with Crippen molar-refractivity contribution in [3.8, 4) is 5.75 Å². The van der Waals surface area contributed by atoms with Crippen LogP contribution in [0.2, 0.25) is 0 Å². The van der Waals surface area contributed by atoms with E-state index in [-0.39, 0.29) is 11.2 Å². The molecule has 1 aromatic carbocycles. The molecule has 3 nitrogen and oxygen atoms in total. The molecule has 1 N–H and O–H groups in total. The predicted octanol–water partition coefficient (Wildman–Crippen LogP) is 3.98. The highest BCUT2D eigenvalue weighted by Gasteiger charge is 2.56. The van der Waals surface area contributed by atoms with E-state index in [2.05, 4.69) is 5.32 Å². The molecule has 4 heteroatoms. The van der Waals surface area contributed by atoms with Crippen LogP contribution in [0.5, 0.6) is 5.75 Å². The van der Waals surface area contributed by atoms with Gasteiger partial charge >= 0.3 is 0 Å². The maximum absolute atomic E-state index is 14.0. The van der Waals surface area contributed by atoms with Gasteiger partial charge in [-0.25, -0.2) is 4.39 Å². The van der Waals surface area contributed by atoms with E-state index in [1.54, 1.807) is 19.2 Å². The Morgan fingerprint density at radius 2 is 2.10 bits per heavy atom. The molecule has 116 valence electrons. The quantitative estimate of drug-likeness (QED) is 0.890. The molecule has 3 rings (SSSR count). The maximum atomic E-state index is 14.0. The lowest BCUT2D eigenvalue weighted by Crippen LogP contribution is -2.60. The van der Waals surface area contributed by atoms with Crippen molar-refractivity contribution >= 4 is 5.69 Å². The van der Waals surface area contributed by atoms with Gasteiger partial charge in [0.05, 0.1) is 18.9 Å². The van der Waals surface area contributed by atoms with Crippen LogP contribution in [0.25, 0.3) is 0 Å². The number of hydrogen-bond donors (Lipinski definition) is 1. The molecular weight excluding hydrogens is 269 g/mol. The summed E-state index contributed by atoms with van der Waals surface area (Å²) in [5, 5.41) is 3.41. The highest BCUT2D eigenvalue weighted by Crippen LogP contribution is 2.55. The third-order valence-electron chi connectivity index (χ3n) is 5.19. The lowest BCUT2D eigenvalue weighted by atomic mass is 9.60. The fourth-order valence-electron chi connectivity index (χ4n) is 4.02. The van der Waals surface area contributed by atoms with Crippen molar-refractivity contribution in [3.05, 3.63) is 24.0 Å². The number of rotatable bonds is 5. The smallest absolute Gasteiger partial charge is 0.146 e. The minimum absolute atomic E-state index is 0.200. The zero-order chi connectivity index (χ0) is 14.9. The largest absolute Gasteiger partial charge is 0.497 e. The van der Waals surface area contributed by atoms with Gasteiger partial charge in [0, 0.05) is 24.1 Å². The molecule has 1 spiro atoms. The van der Waals surface area contributed by atoms with Crippen LogP contribution in [0.15, 0.2) is 18.2 Å². The summed E-state index contributed by atoms with van der Waals surface area (Å²) in [7, 11) is 1.60. The SMILES string of the molecule is CCOC1CC(Nc2cc(OC)ccc2F)C12CCCC2.